The first kappa shape index (κ1) is 17.6. The maximum Gasteiger partial charge on any atom is 0.410 e. The lowest BCUT2D eigenvalue weighted by Crippen LogP contribution is -2.44. The van der Waals surface area contributed by atoms with E-state index >= 15 is 0 Å². The van der Waals surface area contributed by atoms with Gasteiger partial charge in [0.1, 0.15) is 17.5 Å². The number of aromatic nitrogens is 1. The van der Waals surface area contributed by atoms with Gasteiger partial charge in [-0.25, -0.2) is 9.36 Å². The van der Waals surface area contributed by atoms with Crippen molar-refractivity contribution in [2.75, 3.05) is 13.1 Å². The summed E-state index contributed by atoms with van der Waals surface area (Å²) in [6.45, 7) is 11.3. The van der Waals surface area contributed by atoms with E-state index < -0.39 is 5.60 Å². The van der Waals surface area contributed by atoms with Crippen LogP contribution in [-0.4, -0.2) is 35.8 Å². The van der Waals surface area contributed by atoms with Crippen LogP contribution >= 0.6 is 0 Å². The molecule has 0 unspecified atom stereocenters. The highest BCUT2D eigenvalue weighted by Crippen LogP contribution is 2.20. The van der Waals surface area contributed by atoms with Gasteiger partial charge in [-0.3, -0.25) is 0 Å². The molecule has 0 saturated carbocycles. The van der Waals surface area contributed by atoms with Crippen LogP contribution in [0.5, 0.6) is 5.75 Å². The van der Waals surface area contributed by atoms with E-state index in [-0.39, 0.29) is 12.2 Å². The van der Waals surface area contributed by atoms with Crippen molar-refractivity contribution in [3.05, 3.63) is 24.5 Å². The Morgan fingerprint density at radius 3 is 2.26 bits per heavy atom. The number of ether oxygens (including phenoxy) is 2. The van der Waals surface area contributed by atoms with Crippen molar-refractivity contribution in [1.29, 1.82) is 0 Å². The molecule has 5 heteroatoms. The monoisotopic (exact) mass is 321 g/mol. The van der Waals surface area contributed by atoms with Crippen LogP contribution in [0.1, 0.15) is 53.5 Å². The van der Waals surface area contributed by atoms with Crippen molar-refractivity contribution in [3.63, 3.8) is 0 Å². The molecule has 2 rings (SSSR count). The van der Waals surface area contributed by atoms with Crippen molar-refractivity contribution in [1.82, 2.24) is 4.90 Å². The van der Waals surface area contributed by atoms with Gasteiger partial charge in [0.25, 0.3) is 0 Å². The summed E-state index contributed by atoms with van der Waals surface area (Å²) in [7, 11) is 0. The van der Waals surface area contributed by atoms with Gasteiger partial charge in [-0.2, -0.15) is 0 Å². The van der Waals surface area contributed by atoms with E-state index in [1.165, 1.54) is 0 Å². The van der Waals surface area contributed by atoms with Gasteiger partial charge in [0.05, 0.1) is 0 Å². The normalized spacial score (nSPS) is 16.5. The summed E-state index contributed by atoms with van der Waals surface area (Å²) in [6, 6.07) is 4.45. The Morgan fingerprint density at radius 2 is 1.78 bits per heavy atom. The van der Waals surface area contributed by atoms with E-state index in [9.17, 15) is 4.79 Å². The number of likely N-dealkylation sites (tertiary alicyclic amines) is 1. The van der Waals surface area contributed by atoms with Crippen LogP contribution < -0.4 is 9.30 Å². The molecule has 23 heavy (non-hydrogen) atoms. The fourth-order valence-corrected chi connectivity index (χ4v) is 2.52. The molecule has 5 nitrogen and oxygen atoms in total. The highest BCUT2D eigenvalue weighted by atomic mass is 16.6. The van der Waals surface area contributed by atoms with Crippen molar-refractivity contribution in [3.8, 4) is 5.75 Å². The van der Waals surface area contributed by atoms with Gasteiger partial charge in [0.2, 0.25) is 0 Å². The Morgan fingerprint density at radius 1 is 1.22 bits per heavy atom. The third-order valence-corrected chi connectivity index (χ3v) is 3.81. The van der Waals surface area contributed by atoms with Crippen molar-refractivity contribution in [2.24, 2.45) is 0 Å². The first-order valence-electron chi connectivity index (χ1n) is 8.40. The van der Waals surface area contributed by atoms with Crippen LogP contribution in [0.3, 0.4) is 0 Å². The van der Waals surface area contributed by atoms with Gasteiger partial charge in [-0.05, 0) is 34.6 Å². The number of hydrogen-bond donors (Lipinski definition) is 0. The van der Waals surface area contributed by atoms with Crippen LogP contribution in [0.15, 0.2) is 24.5 Å². The maximum absolute atomic E-state index is 12.0. The third-order valence-electron chi connectivity index (χ3n) is 3.81. The first-order valence-corrected chi connectivity index (χ1v) is 8.40. The standard InChI is InChI=1S/C18H29N2O3/c1-14(2)19-10-6-15(7-11-19)22-16-8-12-20(13-9-16)17(21)23-18(3,4)5/h6-7,10-11,14,16H,8-9,12-13H2,1-5H3/q+1. The second-order valence-corrected chi connectivity index (χ2v) is 7.36. The Balaban J connectivity index is 1.81. The first-order chi connectivity index (χ1) is 10.7. The number of pyridine rings is 1. The smallest absolute Gasteiger partial charge is 0.410 e. The molecule has 0 spiro atoms. The molecule has 1 aliphatic heterocycles. The van der Waals surface area contributed by atoms with Gasteiger partial charge in [-0.1, -0.05) is 0 Å². The summed E-state index contributed by atoms with van der Waals surface area (Å²) in [5, 5.41) is 0. The molecular weight excluding hydrogens is 292 g/mol. The van der Waals surface area contributed by atoms with E-state index in [0.29, 0.717) is 19.1 Å². The topological polar surface area (TPSA) is 42.7 Å². The van der Waals surface area contributed by atoms with Crippen LogP contribution in [0.2, 0.25) is 0 Å². The van der Waals surface area contributed by atoms with Gasteiger partial charge in [0, 0.05) is 38.1 Å². The number of carbonyl (C=O) groups is 1. The summed E-state index contributed by atoms with van der Waals surface area (Å²) in [4.78, 5) is 13.8. The second-order valence-electron chi connectivity index (χ2n) is 7.36. The fraction of sp³-hybridized carbons (Fsp3) is 0.667. The molecule has 128 valence electrons. The molecule has 0 atom stereocenters. The third kappa shape index (κ3) is 5.41. The lowest BCUT2D eigenvalue weighted by molar-refractivity contribution is -0.716. The van der Waals surface area contributed by atoms with E-state index in [1.807, 2.05) is 45.3 Å². The summed E-state index contributed by atoms with van der Waals surface area (Å²) in [5.74, 6) is 0.887. The van der Waals surface area contributed by atoms with Gasteiger partial charge in [0.15, 0.2) is 18.4 Å². The predicted molar refractivity (Wildman–Crippen MR) is 88.5 cm³/mol. The average molecular weight is 321 g/mol. The van der Waals surface area contributed by atoms with Crippen LogP contribution in [0.4, 0.5) is 4.79 Å². The molecule has 1 aromatic heterocycles. The van der Waals surface area contributed by atoms with Gasteiger partial charge >= 0.3 is 6.09 Å². The van der Waals surface area contributed by atoms with Crippen LogP contribution in [0, 0.1) is 0 Å². The summed E-state index contributed by atoms with van der Waals surface area (Å²) in [6.07, 6.45) is 5.67. The Hall–Kier alpha value is -1.78. The molecule has 1 aromatic rings. The molecule has 0 N–H and O–H groups in total. The number of carbonyl (C=O) groups excluding carboxylic acids is 1. The molecule has 1 amide bonds. The minimum absolute atomic E-state index is 0.156. The highest BCUT2D eigenvalue weighted by molar-refractivity contribution is 5.68. The van der Waals surface area contributed by atoms with Crippen molar-refractivity contribution >= 4 is 6.09 Å². The number of piperidine rings is 1. The number of amides is 1. The van der Waals surface area contributed by atoms with Gasteiger partial charge in [-0.15, -0.1) is 0 Å². The van der Waals surface area contributed by atoms with E-state index in [2.05, 4.69) is 18.4 Å². The summed E-state index contributed by atoms with van der Waals surface area (Å²) < 4.78 is 13.6. The summed E-state index contributed by atoms with van der Waals surface area (Å²) in [5.41, 5.74) is -0.444. The number of rotatable bonds is 3. The van der Waals surface area contributed by atoms with Crippen LogP contribution in [-0.2, 0) is 4.74 Å². The minimum atomic E-state index is -0.444. The largest absolute Gasteiger partial charge is 0.490 e. The van der Waals surface area contributed by atoms with Gasteiger partial charge < -0.3 is 14.4 Å². The molecule has 1 saturated heterocycles. The molecule has 0 aromatic carbocycles. The number of hydrogen-bond acceptors (Lipinski definition) is 3. The molecular formula is C18H29N2O3+. The highest BCUT2D eigenvalue weighted by Gasteiger charge is 2.27. The fourth-order valence-electron chi connectivity index (χ4n) is 2.52. The van der Waals surface area contributed by atoms with Crippen LogP contribution in [0.25, 0.3) is 0 Å². The Bertz CT molecular complexity index is 512. The van der Waals surface area contributed by atoms with Crippen molar-refractivity contribution in [2.45, 2.75) is 65.2 Å². The Kier molecular flexibility index (Phi) is 5.50. The molecule has 0 aliphatic carbocycles. The predicted octanol–water partition coefficient (Wildman–Crippen LogP) is 3.33. The summed E-state index contributed by atoms with van der Waals surface area (Å²) >= 11 is 0. The molecule has 0 radical (unpaired) electrons. The van der Waals surface area contributed by atoms with E-state index in [1.54, 1.807) is 4.90 Å². The zero-order chi connectivity index (χ0) is 17.0. The lowest BCUT2D eigenvalue weighted by Gasteiger charge is -2.33. The average Bonchev–Trinajstić information content (AvgIpc) is 2.46. The van der Waals surface area contributed by atoms with E-state index in [4.69, 9.17) is 9.47 Å². The maximum atomic E-state index is 12.0. The molecule has 2 heterocycles. The quantitative estimate of drug-likeness (QED) is 0.802. The van der Waals surface area contributed by atoms with E-state index in [0.717, 1.165) is 18.6 Å². The zero-order valence-electron chi connectivity index (χ0n) is 14.9. The molecule has 1 aliphatic rings. The molecule has 1 fully saturated rings. The SMILES string of the molecule is CC(C)[n+]1ccc(OC2CCN(C(=O)OC(C)(C)C)CC2)cc1. The van der Waals surface area contributed by atoms with Crippen molar-refractivity contribution < 1.29 is 18.8 Å². The Labute approximate surface area is 139 Å². The minimum Gasteiger partial charge on any atom is -0.490 e. The zero-order valence-corrected chi connectivity index (χ0v) is 14.9. The second kappa shape index (κ2) is 7.20. The number of nitrogens with zero attached hydrogens (tertiary/aromatic N) is 2. The molecule has 0 bridgehead atoms. The lowest BCUT2D eigenvalue weighted by atomic mass is 10.1.